The Bertz CT molecular complexity index is 45.4. The largest absolute Gasteiger partial charge is 0.380 e. The molecule has 0 unspecified atom stereocenters. The maximum atomic E-state index is 5.20. The van der Waals surface area contributed by atoms with Gasteiger partial charge in [-0.25, -0.2) is 0 Å². The molecule has 3 nitrogen and oxygen atoms in total. The van der Waals surface area contributed by atoms with Crippen molar-refractivity contribution in [2.24, 2.45) is 5.73 Å². The van der Waals surface area contributed by atoms with E-state index in [9.17, 15) is 0 Å². The van der Waals surface area contributed by atoms with Crippen molar-refractivity contribution in [3.63, 3.8) is 0 Å². The summed E-state index contributed by atoms with van der Waals surface area (Å²) in [5, 5.41) is 3.03. The van der Waals surface area contributed by atoms with Crippen molar-refractivity contribution in [3.8, 4) is 0 Å². The molecule has 0 aromatic heterocycles. The van der Waals surface area contributed by atoms with Crippen LogP contribution in [-0.2, 0) is 4.74 Å². The lowest BCUT2D eigenvalue weighted by Crippen LogP contribution is -2.13. The minimum atomic E-state index is 0.625. The van der Waals surface area contributed by atoms with Crippen molar-refractivity contribution >= 4 is 0 Å². The van der Waals surface area contributed by atoms with Crippen LogP contribution in [0.5, 0.6) is 0 Å². The van der Waals surface area contributed by atoms with E-state index in [1.54, 1.807) is 0 Å². The Balaban J connectivity index is 0. The third-order valence-electron chi connectivity index (χ3n) is 0.978. The Hall–Kier alpha value is -0.120. The first-order chi connectivity index (χ1) is 5.41. The molecule has 0 aliphatic rings. The molecule has 0 amide bonds. The topological polar surface area (TPSA) is 47.3 Å². The summed E-state index contributed by atoms with van der Waals surface area (Å²) in [6, 6.07) is 0. The Kier molecular flexibility index (Phi) is 20.2. The number of nitrogens with two attached hydrogens (primary N) is 1. The van der Waals surface area contributed by atoms with Gasteiger partial charge < -0.3 is 15.8 Å². The monoisotopic (exact) mass is 162 g/mol. The summed E-state index contributed by atoms with van der Waals surface area (Å²) >= 11 is 0. The number of hydrogen-bond acceptors (Lipinski definition) is 3. The first-order valence-electron chi connectivity index (χ1n) is 4.34. The number of rotatable bonds is 6. The van der Waals surface area contributed by atoms with E-state index >= 15 is 0 Å². The molecule has 0 fully saturated rings. The molecule has 0 rings (SSSR count). The fraction of sp³-hybridized carbons (Fsp3) is 1.00. The maximum absolute atomic E-state index is 5.20. The average molecular weight is 162 g/mol. The molecule has 0 aromatic rings. The molecule has 0 bridgehead atoms. The van der Waals surface area contributed by atoms with Crippen LogP contribution < -0.4 is 11.1 Å². The van der Waals surface area contributed by atoms with Gasteiger partial charge in [0.15, 0.2) is 0 Å². The van der Waals surface area contributed by atoms with Gasteiger partial charge in [0.2, 0.25) is 0 Å². The fourth-order valence-electron chi connectivity index (χ4n) is 0.536. The second-order valence-electron chi connectivity index (χ2n) is 1.86. The molecule has 0 spiro atoms. The summed E-state index contributed by atoms with van der Waals surface area (Å²) in [6.45, 7) is 7.14. The highest BCUT2D eigenvalue weighted by Crippen LogP contribution is 1.77. The molecule has 0 saturated carbocycles. The molecule has 0 aliphatic heterocycles. The first kappa shape index (κ1) is 13.5. The van der Waals surface area contributed by atoms with Crippen LogP contribution in [0.15, 0.2) is 0 Å². The van der Waals surface area contributed by atoms with Gasteiger partial charge in [0.25, 0.3) is 0 Å². The van der Waals surface area contributed by atoms with Crippen molar-refractivity contribution in [1.82, 2.24) is 5.32 Å². The van der Waals surface area contributed by atoms with E-state index in [1.165, 1.54) is 0 Å². The zero-order valence-corrected chi connectivity index (χ0v) is 8.02. The summed E-state index contributed by atoms with van der Waals surface area (Å²) in [6.07, 6.45) is 1.07. The Morgan fingerprint density at radius 1 is 1.27 bits per heavy atom. The minimum Gasteiger partial charge on any atom is -0.380 e. The van der Waals surface area contributed by atoms with E-state index in [4.69, 9.17) is 10.5 Å². The maximum Gasteiger partial charge on any atom is 0.0588 e. The highest BCUT2D eigenvalue weighted by molar-refractivity contribution is 4.39. The van der Waals surface area contributed by atoms with Crippen LogP contribution in [0, 0.1) is 0 Å². The van der Waals surface area contributed by atoms with E-state index in [0.29, 0.717) is 13.2 Å². The fourth-order valence-corrected chi connectivity index (χ4v) is 0.536. The van der Waals surface area contributed by atoms with Gasteiger partial charge >= 0.3 is 0 Å². The van der Waals surface area contributed by atoms with Gasteiger partial charge in [-0.2, -0.15) is 0 Å². The smallest absolute Gasteiger partial charge is 0.0588 e. The third-order valence-corrected chi connectivity index (χ3v) is 0.978. The molecule has 0 heterocycles. The SMILES string of the molecule is CC.CNCCCOCCN. The molecule has 0 aliphatic carbocycles. The lowest BCUT2D eigenvalue weighted by molar-refractivity contribution is 0.139. The first-order valence-corrected chi connectivity index (χ1v) is 4.34. The van der Waals surface area contributed by atoms with Gasteiger partial charge in [-0.15, -0.1) is 0 Å². The van der Waals surface area contributed by atoms with Crippen LogP contribution >= 0.6 is 0 Å². The molecule has 70 valence electrons. The standard InChI is InChI=1S/C6H16N2O.C2H6/c1-8-4-2-5-9-6-3-7;1-2/h8H,2-7H2,1H3;1-2H3. The molecular weight excluding hydrogens is 140 g/mol. The summed E-state index contributed by atoms with van der Waals surface area (Å²) in [5.41, 5.74) is 5.20. The van der Waals surface area contributed by atoms with E-state index < -0.39 is 0 Å². The van der Waals surface area contributed by atoms with Gasteiger partial charge in [-0.3, -0.25) is 0 Å². The molecule has 0 radical (unpaired) electrons. The number of hydrogen-bond donors (Lipinski definition) is 2. The quantitative estimate of drug-likeness (QED) is 0.562. The summed E-state index contributed by atoms with van der Waals surface area (Å²) in [7, 11) is 1.93. The Morgan fingerprint density at radius 3 is 2.36 bits per heavy atom. The Morgan fingerprint density at radius 2 is 1.91 bits per heavy atom. The van der Waals surface area contributed by atoms with E-state index in [1.807, 2.05) is 20.9 Å². The van der Waals surface area contributed by atoms with Crippen LogP contribution in [-0.4, -0.2) is 33.4 Å². The molecule has 11 heavy (non-hydrogen) atoms. The van der Waals surface area contributed by atoms with Crippen LogP contribution in [0.1, 0.15) is 20.3 Å². The number of ether oxygens (including phenoxy) is 1. The van der Waals surface area contributed by atoms with Gasteiger partial charge in [0.05, 0.1) is 6.61 Å². The second-order valence-corrected chi connectivity index (χ2v) is 1.86. The van der Waals surface area contributed by atoms with Gasteiger partial charge in [-0.05, 0) is 20.0 Å². The van der Waals surface area contributed by atoms with Crippen LogP contribution in [0.2, 0.25) is 0 Å². The summed E-state index contributed by atoms with van der Waals surface area (Å²) < 4.78 is 5.12. The molecule has 0 aromatic carbocycles. The van der Waals surface area contributed by atoms with Crippen molar-refractivity contribution in [3.05, 3.63) is 0 Å². The van der Waals surface area contributed by atoms with Crippen molar-refractivity contribution in [2.75, 3.05) is 33.4 Å². The molecular formula is C8H22N2O. The zero-order chi connectivity index (χ0) is 8.95. The predicted octanol–water partition coefficient (Wildman–Crippen LogP) is 0.597. The highest BCUT2D eigenvalue weighted by atomic mass is 16.5. The van der Waals surface area contributed by atoms with Crippen molar-refractivity contribution in [2.45, 2.75) is 20.3 Å². The minimum absolute atomic E-state index is 0.625. The van der Waals surface area contributed by atoms with Crippen LogP contribution in [0.4, 0.5) is 0 Å². The normalized spacial score (nSPS) is 8.73. The van der Waals surface area contributed by atoms with Crippen LogP contribution in [0.25, 0.3) is 0 Å². The summed E-state index contributed by atoms with van der Waals surface area (Å²) in [5.74, 6) is 0. The van der Waals surface area contributed by atoms with Crippen molar-refractivity contribution < 1.29 is 4.74 Å². The molecule has 3 N–H and O–H groups in total. The van der Waals surface area contributed by atoms with E-state index in [2.05, 4.69) is 5.32 Å². The Labute approximate surface area is 70.3 Å². The lowest BCUT2D eigenvalue weighted by atomic mass is 10.4. The second kappa shape index (κ2) is 16.5. The van der Waals surface area contributed by atoms with E-state index in [-0.39, 0.29) is 0 Å². The summed E-state index contributed by atoms with van der Waals surface area (Å²) in [4.78, 5) is 0. The third kappa shape index (κ3) is 17.7. The zero-order valence-electron chi connectivity index (χ0n) is 8.02. The molecule has 3 heteroatoms. The van der Waals surface area contributed by atoms with Gasteiger partial charge in [-0.1, -0.05) is 13.8 Å². The van der Waals surface area contributed by atoms with Gasteiger partial charge in [0, 0.05) is 13.2 Å². The van der Waals surface area contributed by atoms with Gasteiger partial charge in [0.1, 0.15) is 0 Å². The van der Waals surface area contributed by atoms with Crippen molar-refractivity contribution in [1.29, 1.82) is 0 Å². The predicted molar refractivity (Wildman–Crippen MR) is 49.8 cm³/mol. The average Bonchev–Trinajstić information content (AvgIpc) is 2.08. The highest BCUT2D eigenvalue weighted by Gasteiger charge is 1.84. The van der Waals surface area contributed by atoms with E-state index in [0.717, 1.165) is 19.6 Å². The molecule has 0 saturated heterocycles. The lowest BCUT2D eigenvalue weighted by Gasteiger charge is -2.00. The number of nitrogens with one attached hydrogen (secondary N) is 1. The molecule has 0 atom stereocenters. The van der Waals surface area contributed by atoms with Crippen LogP contribution in [0.3, 0.4) is 0 Å².